The molecule has 1 aliphatic carbocycles. The number of carbonyl (C=O) groups excluding carboxylic acids is 2. The predicted octanol–water partition coefficient (Wildman–Crippen LogP) is 3.96. The fraction of sp³-hybridized carbons (Fsp3) is 0.273. The molecule has 0 fully saturated rings. The molecule has 0 saturated carbocycles. The minimum Gasteiger partial charge on any atom is -0.497 e. The lowest BCUT2D eigenvalue weighted by molar-refractivity contribution is -0.122. The van der Waals surface area contributed by atoms with Gasteiger partial charge in [-0.1, -0.05) is 24.3 Å². The Kier molecular flexibility index (Phi) is 5.05. The molecule has 3 aromatic rings. The average molecular weight is 394 g/mol. The Balaban J connectivity index is 1.41. The molecule has 1 heterocycles. The number of methoxy groups -OCH3 is 1. The average Bonchev–Trinajstić information content (AvgIpc) is 3.32. The van der Waals surface area contributed by atoms with Crippen LogP contribution in [-0.4, -0.2) is 18.9 Å². The molecule has 0 radical (unpaired) electrons. The molecule has 2 aromatic carbocycles. The largest absolute Gasteiger partial charge is 0.497 e. The zero-order valence-electron chi connectivity index (χ0n) is 15.9. The van der Waals surface area contributed by atoms with Crippen molar-refractivity contribution in [2.24, 2.45) is 0 Å². The summed E-state index contributed by atoms with van der Waals surface area (Å²) in [5.41, 5.74) is 7.26. The van der Waals surface area contributed by atoms with Crippen molar-refractivity contribution in [1.29, 1.82) is 0 Å². The van der Waals surface area contributed by atoms with Crippen molar-refractivity contribution in [3.05, 3.63) is 63.3 Å². The summed E-state index contributed by atoms with van der Waals surface area (Å²) in [5.74, 6) is -0.0932. The van der Waals surface area contributed by atoms with E-state index in [9.17, 15) is 9.59 Å². The summed E-state index contributed by atoms with van der Waals surface area (Å²) in [5, 5.41) is 2.09. The van der Waals surface area contributed by atoms with Gasteiger partial charge in [0.2, 0.25) is 5.91 Å². The van der Waals surface area contributed by atoms with Crippen LogP contribution in [0.5, 0.6) is 5.75 Å². The molecule has 0 spiro atoms. The van der Waals surface area contributed by atoms with Crippen molar-refractivity contribution in [3.8, 4) is 5.75 Å². The normalized spacial score (nSPS) is 13.8. The van der Waals surface area contributed by atoms with E-state index in [1.54, 1.807) is 7.11 Å². The number of ether oxygens (including phenoxy) is 1. The Morgan fingerprint density at radius 1 is 1.04 bits per heavy atom. The van der Waals surface area contributed by atoms with Gasteiger partial charge in [-0.2, -0.15) is 0 Å². The summed E-state index contributed by atoms with van der Waals surface area (Å²) in [6.45, 7) is 1.83. The molecule has 0 bridgehead atoms. The lowest BCUT2D eigenvalue weighted by Gasteiger charge is -2.14. The van der Waals surface area contributed by atoms with Gasteiger partial charge in [-0.15, -0.1) is 11.3 Å². The van der Waals surface area contributed by atoms with Crippen molar-refractivity contribution in [2.75, 3.05) is 7.11 Å². The quantitative estimate of drug-likeness (QED) is 0.658. The Morgan fingerprint density at radius 2 is 1.82 bits per heavy atom. The summed E-state index contributed by atoms with van der Waals surface area (Å²) >= 11 is 1.52. The first-order valence-electron chi connectivity index (χ1n) is 9.34. The van der Waals surface area contributed by atoms with Crippen LogP contribution in [0, 0.1) is 0 Å². The maximum Gasteiger partial charge on any atom is 0.279 e. The zero-order valence-corrected chi connectivity index (χ0v) is 16.7. The molecule has 0 saturated heterocycles. The van der Waals surface area contributed by atoms with Crippen molar-refractivity contribution < 1.29 is 14.3 Å². The van der Waals surface area contributed by atoms with Gasteiger partial charge in [-0.05, 0) is 66.3 Å². The van der Waals surface area contributed by atoms with Crippen LogP contribution in [-0.2, 0) is 17.6 Å². The van der Waals surface area contributed by atoms with Gasteiger partial charge in [0.25, 0.3) is 5.91 Å². The summed E-state index contributed by atoms with van der Waals surface area (Å²) in [6, 6.07) is 13.7. The van der Waals surface area contributed by atoms with Gasteiger partial charge in [0.1, 0.15) is 5.75 Å². The first kappa shape index (κ1) is 18.5. The Hall–Kier alpha value is -2.86. The SMILES string of the molecule is COc1ccc2cc([C@H](C)C(=O)NNC(=O)c3cc4c(s3)CCC4)ccc2c1. The van der Waals surface area contributed by atoms with Crippen LogP contribution < -0.4 is 15.6 Å². The monoisotopic (exact) mass is 394 g/mol. The first-order chi connectivity index (χ1) is 13.5. The van der Waals surface area contributed by atoms with Crippen LogP contribution >= 0.6 is 11.3 Å². The van der Waals surface area contributed by atoms with Gasteiger partial charge in [-0.25, -0.2) is 0 Å². The highest BCUT2D eigenvalue weighted by Crippen LogP contribution is 2.30. The smallest absolute Gasteiger partial charge is 0.279 e. The third-order valence-corrected chi connectivity index (χ3v) is 6.47. The summed E-state index contributed by atoms with van der Waals surface area (Å²) in [4.78, 5) is 26.8. The number of hydrogen-bond acceptors (Lipinski definition) is 4. The second-order valence-corrected chi connectivity index (χ2v) is 8.19. The minimum atomic E-state index is -0.389. The number of benzene rings is 2. The number of amides is 2. The standard InChI is InChI=1S/C22H22N2O3S/c1-13(14-6-7-16-11-18(27-2)9-8-15(16)10-14)21(25)23-24-22(26)20-12-17-4-3-5-19(17)28-20/h6-13H,3-5H2,1-2H3,(H,23,25)(H,24,26)/t13-/m0/s1. The third kappa shape index (κ3) is 3.60. The second kappa shape index (κ2) is 7.64. The summed E-state index contributed by atoms with van der Waals surface area (Å²) in [6.07, 6.45) is 3.25. The van der Waals surface area contributed by atoms with Gasteiger partial charge >= 0.3 is 0 Å². The van der Waals surface area contributed by atoms with Crippen molar-refractivity contribution in [3.63, 3.8) is 0 Å². The van der Waals surface area contributed by atoms with E-state index in [4.69, 9.17) is 4.74 Å². The van der Waals surface area contributed by atoms with Crippen LogP contribution in [0.3, 0.4) is 0 Å². The molecule has 1 atom stereocenters. The van der Waals surface area contributed by atoms with Crippen LogP contribution in [0.1, 0.15) is 44.9 Å². The van der Waals surface area contributed by atoms with E-state index in [0.717, 1.165) is 41.3 Å². The maximum absolute atomic E-state index is 12.5. The zero-order chi connectivity index (χ0) is 19.7. The topological polar surface area (TPSA) is 67.4 Å². The Labute approximate surface area is 167 Å². The molecular formula is C22H22N2O3S. The molecule has 5 nitrogen and oxygen atoms in total. The third-order valence-electron chi connectivity index (χ3n) is 5.23. The number of hydrazine groups is 1. The number of carbonyl (C=O) groups is 2. The van der Waals surface area contributed by atoms with E-state index < -0.39 is 0 Å². The van der Waals surface area contributed by atoms with Gasteiger partial charge in [0, 0.05) is 4.88 Å². The van der Waals surface area contributed by atoms with E-state index in [-0.39, 0.29) is 17.7 Å². The molecule has 2 amide bonds. The second-order valence-electron chi connectivity index (χ2n) is 7.05. The fourth-order valence-electron chi connectivity index (χ4n) is 3.52. The predicted molar refractivity (Wildman–Crippen MR) is 111 cm³/mol. The van der Waals surface area contributed by atoms with Gasteiger partial charge in [0.15, 0.2) is 0 Å². The molecule has 144 valence electrons. The van der Waals surface area contributed by atoms with Crippen molar-refractivity contribution in [2.45, 2.75) is 32.1 Å². The van der Waals surface area contributed by atoms with Gasteiger partial charge in [-0.3, -0.25) is 20.4 Å². The Bertz CT molecular complexity index is 1040. The number of aryl methyl sites for hydroxylation is 2. The highest BCUT2D eigenvalue weighted by molar-refractivity contribution is 7.14. The van der Waals surface area contributed by atoms with Gasteiger partial charge in [0.05, 0.1) is 17.9 Å². The van der Waals surface area contributed by atoms with Gasteiger partial charge < -0.3 is 4.74 Å². The Morgan fingerprint density at radius 3 is 2.61 bits per heavy atom. The molecule has 2 N–H and O–H groups in total. The highest BCUT2D eigenvalue weighted by Gasteiger charge is 2.20. The molecule has 28 heavy (non-hydrogen) atoms. The molecule has 1 aliphatic rings. The molecule has 0 unspecified atom stereocenters. The fourth-order valence-corrected chi connectivity index (χ4v) is 4.67. The van der Waals surface area contributed by atoms with E-state index in [1.165, 1.54) is 21.8 Å². The number of thiophene rings is 1. The van der Waals surface area contributed by atoms with Crippen LogP contribution in [0.2, 0.25) is 0 Å². The lowest BCUT2D eigenvalue weighted by atomic mass is 9.97. The van der Waals surface area contributed by atoms with Crippen LogP contribution in [0.25, 0.3) is 10.8 Å². The molecular weight excluding hydrogens is 372 g/mol. The number of rotatable bonds is 4. The summed E-state index contributed by atoms with van der Waals surface area (Å²) < 4.78 is 5.25. The maximum atomic E-state index is 12.5. The molecule has 0 aliphatic heterocycles. The van der Waals surface area contributed by atoms with Crippen LogP contribution in [0.15, 0.2) is 42.5 Å². The number of nitrogens with one attached hydrogen (secondary N) is 2. The van der Waals surface area contributed by atoms with Crippen LogP contribution in [0.4, 0.5) is 0 Å². The van der Waals surface area contributed by atoms with E-state index >= 15 is 0 Å². The molecule has 4 rings (SSSR count). The molecule has 6 heteroatoms. The lowest BCUT2D eigenvalue weighted by Crippen LogP contribution is -2.43. The van der Waals surface area contributed by atoms with Crippen molar-refractivity contribution >= 4 is 33.9 Å². The minimum absolute atomic E-state index is 0.245. The van der Waals surface area contributed by atoms with E-state index in [1.807, 2.05) is 49.4 Å². The number of hydrogen-bond donors (Lipinski definition) is 2. The first-order valence-corrected chi connectivity index (χ1v) is 10.2. The summed E-state index contributed by atoms with van der Waals surface area (Å²) in [7, 11) is 1.64. The van der Waals surface area contributed by atoms with E-state index in [0.29, 0.717) is 4.88 Å². The number of fused-ring (bicyclic) bond motifs is 2. The van der Waals surface area contributed by atoms with Crippen molar-refractivity contribution in [1.82, 2.24) is 10.9 Å². The highest BCUT2D eigenvalue weighted by atomic mass is 32.1. The van der Waals surface area contributed by atoms with E-state index in [2.05, 4.69) is 10.9 Å². The molecule has 1 aromatic heterocycles.